The molecule has 1 aromatic heterocycles. The number of aromatic nitrogens is 4. The molecule has 26 heavy (non-hydrogen) atoms. The minimum Gasteiger partial charge on any atom is -0.355 e. The molecular formula is C19H20FN5O. The number of benzene rings is 2. The van der Waals surface area contributed by atoms with Crippen molar-refractivity contribution in [2.75, 3.05) is 6.54 Å². The molecule has 0 bridgehead atoms. The third-order valence-electron chi connectivity index (χ3n) is 4.03. The minimum absolute atomic E-state index is 0.130. The third kappa shape index (κ3) is 5.20. The van der Waals surface area contributed by atoms with Gasteiger partial charge >= 0.3 is 0 Å². The highest BCUT2D eigenvalue weighted by molar-refractivity contribution is 5.77. The second-order valence-corrected chi connectivity index (χ2v) is 5.96. The van der Waals surface area contributed by atoms with Crippen molar-refractivity contribution in [3.05, 3.63) is 77.4 Å². The molecule has 0 fully saturated rings. The first-order valence-corrected chi connectivity index (χ1v) is 8.51. The van der Waals surface area contributed by atoms with Crippen LogP contribution in [-0.4, -0.2) is 32.7 Å². The molecule has 0 saturated carbocycles. The van der Waals surface area contributed by atoms with Crippen LogP contribution in [0.5, 0.6) is 0 Å². The molecule has 0 aliphatic rings. The van der Waals surface area contributed by atoms with Gasteiger partial charge in [-0.15, -0.1) is 5.10 Å². The largest absolute Gasteiger partial charge is 0.355 e. The van der Waals surface area contributed by atoms with E-state index in [-0.39, 0.29) is 18.1 Å². The molecule has 0 radical (unpaired) electrons. The minimum atomic E-state index is -0.264. The summed E-state index contributed by atoms with van der Waals surface area (Å²) in [6.07, 6.45) is 1.57. The van der Waals surface area contributed by atoms with E-state index < -0.39 is 0 Å². The van der Waals surface area contributed by atoms with E-state index in [1.165, 1.54) is 17.7 Å². The monoisotopic (exact) mass is 353 g/mol. The number of amides is 1. The molecule has 0 unspecified atom stereocenters. The van der Waals surface area contributed by atoms with E-state index in [0.29, 0.717) is 25.3 Å². The van der Waals surface area contributed by atoms with Crippen LogP contribution in [0.15, 0.2) is 54.6 Å². The summed E-state index contributed by atoms with van der Waals surface area (Å²) < 4.78 is 14.5. The summed E-state index contributed by atoms with van der Waals surface area (Å²) in [7, 11) is 0. The van der Waals surface area contributed by atoms with Crippen LogP contribution in [0.25, 0.3) is 0 Å². The highest BCUT2D eigenvalue weighted by atomic mass is 19.1. The van der Waals surface area contributed by atoms with Gasteiger partial charge < -0.3 is 5.32 Å². The third-order valence-corrected chi connectivity index (χ3v) is 4.03. The van der Waals surface area contributed by atoms with Crippen LogP contribution < -0.4 is 5.32 Å². The average molecular weight is 353 g/mol. The highest BCUT2D eigenvalue weighted by Crippen LogP contribution is 2.04. The first-order valence-electron chi connectivity index (χ1n) is 8.51. The standard InChI is InChI=1S/C19H20FN5O/c20-17-8-6-16(7-9-17)10-12-21-19(26)14-18-22-23-24-25(18)13-11-15-4-2-1-3-5-15/h1-9H,10-14H2,(H,21,26). The van der Waals surface area contributed by atoms with E-state index in [1.807, 2.05) is 30.3 Å². The van der Waals surface area contributed by atoms with Crippen LogP contribution in [0.4, 0.5) is 4.39 Å². The van der Waals surface area contributed by atoms with Crippen LogP contribution in [-0.2, 0) is 30.6 Å². The maximum absolute atomic E-state index is 12.9. The number of carbonyl (C=O) groups excluding carboxylic acids is 1. The predicted molar refractivity (Wildman–Crippen MR) is 94.8 cm³/mol. The van der Waals surface area contributed by atoms with Crippen molar-refractivity contribution in [1.82, 2.24) is 25.5 Å². The van der Waals surface area contributed by atoms with Crippen molar-refractivity contribution in [3.8, 4) is 0 Å². The second kappa shape index (κ2) is 8.84. The van der Waals surface area contributed by atoms with Crippen molar-refractivity contribution < 1.29 is 9.18 Å². The maximum Gasteiger partial charge on any atom is 0.227 e. The molecule has 0 aliphatic carbocycles. The van der Waals surface area contributed by atoms with E-state index >= 15 is 0 Å². The number of aryl methyl sites for hydroxylation is 2. The van der Waals surface area contributed by atoms with Crippen LogP contribution in [0.2, 0.25) is 0 Å². The molecule has 1 N–H and O–H groups in total. The van der Waals surface area contributed by atoms with Crippen molar-refractivity contribution in [2.24, 2.45) is 0 Å². The summed E-state index contributed by atoms with van der Waals surface area (Å²) in [5, 5.41) is 14.4. The topological polar surface area (TPSA) is 72.7 Å². The number of carbonyl (C=O) groups is 1. The van der Waals surface area contributed by atoms with Crippen molar-refractivity contribution in [1.29, 1.82) is 0 Å². The van der Waals surface area contributed by atoms with Crippen molar-refractivity contribution in [2.45, 2.75) is 25.8 Å². The Kier molecular flexibility index (Phi) is 6.03. The fourth-order valence-corrected chi connectivity index (χ4v) is 2.61. The van der Waals surface area contributed by atoms with Crippen LogP contribution in [0, 0.1) is 5.82 Å². The van der Waals surface area contributed by atoms with Gasteiger partial charge in [0.25, 0.3) is 0 Å². The Morgan fingerprint density at radius 1 is 1.00 bits per heavy atom. The lowest BCUT2D eigenvalue weighted by atomic mass is 10.1. The molecule has 1 heterocycles. The molecule has 0 spiro atoms. The van der Waals surface area contributed by atoms with Gasteiger partial charge in [-0.05, 0) is 46.5 Å². The van der Waals surface area contributed by atoms with Gasteiger partial charge in [-0.1, -0.05) is 42.5 Å². The smallest absolute Gasteiger partial charge is 0.227 e. The Morgan fingerprint density at radius 2 is 1.73 bits per heavy atom. The number of tetrazole rings is 1. The van der Waals surface area contributed by atoms with Gasteiger partial charge in [-0.2, -0.15) is 0 Å². The number of rotatable bonds is 8. The van der Waals surface area contributed by atoms with Gasteiger partial charge in [0.2, 0.25) is 5.91 Å². The van der Waals surface area contributed by atoms with Crippen LogP contribution in [0.1, 0.15) is 17.0 Å². The zero-order valence-electron chi connectivity index (χ0n) is 14.3. The van der Waals surface area contributed by atoms with Gasteiger partial charge in [0.15, 0.2) is 5.82 Å². The SMILES string of the molecule is O=C(Cc1nnnn1CCc1ccccc1)NCCc1ccc(F)cc1. The zero-order chi connectivity index (χ0) is 18.2. The van der Waals surface area contributed by atoms with Crippen molar-refractivity contribution >= 4 is 5.91 Å². The molecule has 0 saturated heterocycles. The van der Waals surface area contributed by atoms with E-state index in [0.717, 1.165) is 12.0 Å². The average Bonchev–Trinajstić information content (AvgIpc) is 3.09. The lowest BCUT2D eigenvalue weighted by molar-refractivity contribution is -0.120. The first-order chi connectivity index (χ1) is 12.7. The maximum atomic E-state index is 12.9. The summed E-state index contributed by atoms with van der Waals surface area (Å²) in [5.74, 6) is 0.142. The molecule has 6 nitrogen and oxygen atoms in total. The Labute approximate surface area is 151 Å². The van der Waals surface area contributed by atoms with Gasteiger partial charge in [-0.3, -0.25) is 4.79 Å². The fourth-order valence-electron chi connectivity index (χ4n) is 2.61. The normalized spacial score (nSPS) is 10.7. The number of halogens is 1. The number of hydrogen-bond acceptors (Lipinski definition) is 4. The Hall–Kier alpha value is -3.09. The molecule has 134 valence electrons. The lowest BCUT2D eigenvalue weighted by Crippen LogP contribution is -2.28. The molecule has 2 aromatic carbocycles. The Balaban J connectivity index is 1.45. The Morgan fingerprint density at radius 3 is 2.50 bits per heavy atom. The number of nitrogens with one attached hydrogen (secondary N) is 1. The molecule has 7 heteroatoms. The molecule has 1 amide bonds. The van der Waals surface area contributed by atoms with E-state index in [2.05, 4.69) is 20.8 Å². The summed E-state index contributed by atoms with van der Waals surface area (Å²) in [6.45, 7) is 1.10. The van der Waals surface area contributed by atoms with Gasteiger partial charge in [0.1, 0.15) is 5.82 Å². The number of nitrogens with zero attached hydrogens (tertiary/aromatic N) is 4. The zero-order valence-corrected chi connectivity index (χ0v) is 14.3. The first kappa shape index (κ1) is 17.7. The van der Waals surface area contributed by atoms with Gasteiger partial charge in [-0.25, -0.2) is 9.07 Å². The van der Waals surface area contributed by atoms with Crippen LogP contribution in [0.3, 0.4) is 0 Å². The molecule has 0 aliphatic heterocycles. The quantitative estimate of drug-likeness (QED) is 0.672. The second-order valence-electron chi connectivity index (χ2n) is 5.96. The van der Waals surface area contributed by atoms with Crippen molar-refractivity contribution in [3.63, 3.8) is 0 Å². The number of hydrogen-bond donors (Lipinski definition) is 1. The predicted octanol–water partition coefficient (Wildman–Crippen LogP) is 1.96. The summed E-state index contributed by atoms with van der Waals surface area (Å²) in [5.41, 5.74) is 2.16. The van der Waals surface area contributed by atoms with E-state index in [1.54, 1.807) is 16.8 Å². The fraction of sp³-hybridized carbons (Fsp3) is 0.263. The van der Waals surface area contributed by atoms with Gasteiger partial charge in [0.05, 0.1) is 6.42 Å². The Bertz CT molecular complexity index is 833. The van der Waals surface area contributed by atoms with E-state index in [4.69, 9.17) is 0 Å². The highest BCUT2D eigenvalue weighted by Gasteiger charge is 2.11. The summed E-state index contributed by atoms with van der Waals surface area (Å²) in [6, 6.07) is 16.3. The van der Waals surface area contributed by atoms with Crippen LogP contribution >= 0.6 is 0 Å². The van der Waals surface area contributed by atoms with Gasteiger partial charge in [0, 0.05) is 13.1 Å². The molecule has 3 aromatic rings. The molecular weight excluding hydrogens is 333 g/mol. The molecule has 3 rings (SSSR count). The summed E-state index contributed by atoms with van der Waals surface area (Å²) >= 11 is 0. The lowest BCUT2D eigenvalue weighted by Gasteiger charge is -2.07. The summed E-state index contributed by atoms with van der Waals surface area (Å²) in [4.78, 5) is 12.1. The molecule has 0 atom stereocenters. The van der Waals surface area contributed by atoms with E-state index in [9.17, 15) is 9.18 Å².